The van der Waals surface area contributed by atoms with Crippen LogP contribution in [0.25, 0.3) is 0 Å². The summed E-state index contributed by atoms with van der Waals surface area (Å²) in [5.74, 6) is 0.0896. The molecule has 0 radical (unpaired) electrons. The van der Waals surface area contributed by atoms with Crippen LogP contribution in [0.5, 0.6) is 5.75 Å². The first-order chi connectivity index (χ1) is 6.67. The second-order valence-electron chi connectivity index (χ2n) is 2.84. The minimum absolute atomic E-state index is 0.0285. The molecule has 0 unspecified atom stereocenters. The van der Waals surface area contributed by atoms with E-state index in [4.69, 9.17) is 21.4 Å². The van der Waals surface area contributed by atoms with Crippen LogP contribution in [-0.2, 0) is 17.1 Å². The molecule has 1 aromatic carbocycles. The summed E-state index contributed by atoms with van der Waals surface area (Å²) in [6.45, 7) is 0. The number of benzene rings is 1. The molecule has 0 aliphatic heterocycles. The first-order valence-corrected chi connectivity index (χ1v) is 4.64. The van der Waals surface area contributed by atoms with E-state index in [9.17, 15) is 4.79 Å². The fourth-order valence-corrected chi connectivity index (χ4v) is 1.45. The number of carboxylic acid groups (broad SMARTS) is 1. The van der Waals surface area contributed by atoms with Gasteiger partial charge in [-0.15, -0.1) is 11.6 Å². The van der Waals surface area contributed by atoms with Crippen molar-refractivity contribution in [1.82, 2.24) is 0 Å². The van der Waals surface area contributed by atoms with Crippen molar-refractivity contribution < 1.29 is 14.6 Å². The fraction of sp³-hybridized carbons (Fsp3) is 0.300. The van der Waals surface area contributed by atoms with Crippen LogP contribution < -0.4 is 4.74 Å². The molecule has 3 nitrogen and oxygen atoms in total. The Kier molecular flexibility index (Phi) is 3.77. The molecule has 0 aliphatic carbocycles. The number of hydrogen-bond acceptors (Lipinski definition) is 2. The number of ether oxygens (including phenoxy) is 1. The predicted octanol–water partition coefficient (Wildman–Crippen LogP) is 2.06. The van der Waals surface area contributed by atoms with Gasteiger partial charge in [0.15, 0.2) is 0 Å². The van der Waals surface area contributed by atoms with E-state index in [0.29, 0.717) is 17.2 Å². The van der Waals surface area contributed by atoms with Gasteiger partial charge in [-0.05, 0) is 23.3 Å². The van der Waals surface area contributed by atoms with Gasteiger partial charge in [0.05, 0.1) is 13.5 Å². The summed E-state index contributed by atoms with van der Waals surface area (Å²) in [5, 5.41) is 8.67. The van der Waals surface area contributed by atoms with E-state index in [-0.39, 0.29) is 6.42 Å². The van der Waals surface area contributed by atoms with E-state index in [0.717, 1.165) is 5.56 Å². The summed E-state index contributed by atoms with van der Waals surface area (Å²) in [6, 6.07) is 5.25. The zero-order valence-electron chi connectivity index (χ0n) is 7.79. The van der Waals surface area contributed by atoms with Gasteiger partial charge >= 0.3 is 5.97 Å². The normalized spacial score (nSPS) is 9.86. The summed E-state index contributed by atoms with van der Waals surface area (Å²) in [7, 11) is 1.54. The summed E-state index contributed by atoms with van der Waals surface area (Å²) in [4.78, 5) is 10.6. The van der Waals surface area contributed by atoms with E-state index < -0.39 is 5.97 Å². The van der Waals surface area contributed by atoms with Gasteiger partial charge in [-0.3, -0.25) is 4.79 Å². The number of carboxylic acids is 1. The Hall–Kier alpha value is -1.22. The van der Waals surface area contributed by atoms with Crippen molar-refractivity contribution in [3.63, 3.8) is 0 Å². The molecule has 14 heavy (non-hydrogen) atoms. The molecule has 0 heterocycles. The van der Waals surface area contributed by atoms with Crippen LogP contribution in [0, 0.1) is 0 Å². The molecule has 1 rings (SSSR count). The lowest BCUT2D eigenvalue weighted by atomic mass is 10.1. The smallest absolute Gasteiger partial charge is 0.307 e. The van der Waals surface area contributed by atoms with Crippen molar-refractivity contribution in [3.05, 3.63) is 29.3 Å². The third-order valence-electron chi connectivity index (χ3n) is 1.90. The van der Waals surface area contributed by atoms with Gasteiger partial charge in [-0.2, -0.15) is 0 Å². The highest BCUT2D eigenvalue weighted by atomic mass is 35.5. The molecule has 0 spiro atoms. The van der Waals surface area contributed by atoms with Crippen molar-refractivity contribution >= 4 is 17.6 Å². The van der Waals surface area contributed by atoms with Crippen LogP contribution in [0.15, 0.2) is 18.2 Å². The van der Waals surface area contributed by atoms with E-state index in [1.54, 1.807) is 25.3 Å². The number of carbonyl (C=O) groups is 1. The highest BCUT2D eigenvalue weighted by molar-refractivity contribution is 6.17. The maximum absolute atomic E-state index is 10.6. The molecule has 0 amide bonds. The number of hydrogen-bond donors (Lipinski definition) is 1. The molecule has 0 saturated heterocycles. The van der Waals surface area contributed by atoms with Gasteiger partial charge in [0.1, 0.15) is 5.75 Å². The first kappa shape index (κ1) is 10.9. The lowest BCUT2D eigenvalue weighted by Crippen LogP contribution is -2.03. The molecule has 1 aromatic rings. The predicted molar refractivity (Wildman–Crippen MR) is 53.9 cm³/mol. The number of rotatable bonds is 4. The number of alkyl halides is 1. The van der Waals surface area contributed by atoms with E-state index in [1.807, 2.05) is 0 Å². The summed E-state index contributed by atoms with van der Waals surface area (Å²) >= 11 is 5.68. The van der Waals surface area contributed by atoms with Gasteiger partial charge < -0.3 is 9.84 Å². The number of aliphatic carboxylic acids is 1. The Morgan fingerprint density at radius 3 is 2.71 bits per heavy atom. The van der Waals surface area contributed by atoms with Gasteiger partial charge in [0, 0.05) is 5.88 Å². The average molecular weight is 215 g/mol. The van der Waals surface area contributed by atoms with E-state index >= 15 is 0 Å². The summed E-state index contributed by atoms with van der Waals surface area (Å²) < 4.78 is 5.00. The quantitative estimate of drug-likeness (QED) is 0.781. The van der Waals surface area contributed by atoms with Crippen LogP contribution in [0.1, 0.15) is 11.1 Å². The van der Waals surface area contributed by atoms with Gasteiger partial charge in [-0.25, -0.2) is 0 Å². The maximum Gasteiger partial charge on any atom is 0.307 e. The van der Waals surface area contributed by atoms with Crippen molar-refractivity contribution in [2.45, 2.75) is 12.3 Å². The van der Waals surface area contributed by atoms with Crippen molar-refractivity contribution in [1.29, 1.82) is 0 Å². The lowest BCUT2D eigenvalue weighted by Gasteiger charge is -2.07. The van der Waals surface area contributed by atoms with Gasteiger partial charge in [0.2, 0.25) is 0 Å². The van der Waals surface area contributed by atoms with Gasteiger partial charge in [-0.1, -0.05) is 6.07 Å². The fourth-order valence-electron chi connectivity index (χ4n) is 1.19. The van der Waals surface area contributed by atoms with Crippen molar-refractivity contribution in [3.8, 4) is 5.75 Å². The highest BCUT2D eigenvalue weighted by Crippen LogP contribution is 2.19. The zero-order valence-corrected chi connectivity index (χ0v) is 8.54. The van der Waals surface area contributed by atoms with Crippen LogP contribution in [-0.4, -0.2) is 18.2 Å². The first-order valence-electron chi connectivity index (χ1n) is 4.11. The summed E-state index contributed by atoms with van der Waals surface area (Å²) in [6.07, 6.45) is -0.0285. The Labute approximate surface area is 87.3 Å². The van der Waals surface area contributed by atoms with Gasteiger partial charge in [0.25, 0.3) is 0 Å². The number of halogens is 1. The molecular weight excluding hydrogens is 204 g/mol. The molecular formula is C10H11ClO3. The third-order valence-corrected chi connectivity index (χ3v) is 2.19. The molecule has 0 atom stereocenters. The Morgan fingerprint density at radius 1 is 1.50 bits per heavy atom. The van der Waals surface area contributed by atoms with Crippen LogP contribution in [0.2, 0.25) is 0 Å². The lowest BCUT2D eigenvalue weighted by molar-refractivity contribution is -0.136. The second-order valence-corrected chi connectivity index (χ2v) is 3.11. The minimum atomic E-state index is -0.871. The molecule has 0 aliphatic rings. The molecule has 1 N–H and O–H groups in total. The molecule has 4 heteroatoms. The Morgan fingerprint density at radius 2 is 2.21 bits per heavy atom. The highest BCUT2D eigenvalue weighted by Gasteiger charge is 2.07. The van der Waals surface area contributed by atoms with Crippen LogP contribution in [0.3, 0.4) is 0 Å². The van der Waals surface area contributed by atoms with Crippen molar-refractivity contribution in [2.75, 3.05) is 7.11 Å². The maximum atomic E-state index is 10.6. The van der Waals surface area contributed by atoms with E-state index in [1.165, 1.54) is 0 Å². The van der Waals surface area contributed by atoms with Crippen LogP contribution >= 0.6 is 11.6 Å². The molecule has 0 fully saturated rings. The number of methoxy groups -OCH3 is 1. The second kappa shape index (κ2) is 4.86. The third kappa shape index (κ3) is 2.64. The average Bonchev–Trinajstić information content (AvgIpc) is 2.16. The molecule has 0 aromatic heterocycles. The Balaban J connectivity index is 3.01. The SMILES string of the molecule is COc1ccc(CCl)c(CC(=O)O)c1. The van der Waals surface area contributed by atoms with Crippen molar-refractivity contribution in [2.24, 2.45) is 0 Å². The molecule has 0 bridgehead atoms. The van der Waals surface area contributed by atoms with Crippen LogP contribution in [0.4, 0.5) is 0 Å². The Bertz CT molecular complexity index is 336. The largest absolute Gasteiger partial charge is 0.497 e. The standard InChI is InChI=1S/C10H11ClO3/c1-14-9-3-2-7(6-11)8(4-9)5-10(12)13/h2-4H,5-6H2,1H3,(H,12,13). The molecule has 0 saturated carbocycles. The zero-order chi connectivity index (χ0) is 10.6. The topological polar surface area (TPSA) is 46.5 Å². The molecule has 76 valence electrons. The summed E-state index contributed by atoms with van der Waals surface area (Å²) in [5.41, 5.74) is 1.53. The monoisotopic (exact) mass is 214 g/mol. The van der Waals surface area contributed by atoms with E-state index in [2.05, 4.69) is 0 Å². The minimum Gasteiger partial charge on any atom is -0.497 e.